The molecular weight excluding hydrogens is 362 g/mol. The van der Waals surface area contributed by atoms with Gasteiger partial charge in [0.1, 0.15) is 0 Å². The molecule has 0 saturated carbocycles. The van der Waals surface area contributed by atoms with Gasteiger partial charge in [-0.1, -0.05) is 6.07 Å². The second-order valence-electron chi connectivity index (χ2n) is 6.35. The smallest absolute Gasteiger partial charge is 0.321 e. The zero-order valence-electron chi connectivity index (χ0n) is 14.1. The zero-order chi connectivity index (χ0) is 18.6. The molecule has 134 valence electrons. The number of imide groups is 2. The van der Waals surface area contributed by atoms with Gasteiger partial charge in [0.2, 0.25) is 5.91 Å². The Morgan fingerprint density at radius 1 is 1.28 bits per heavy atom. The van der Waals surface area contributed by atoms with Crippen LogP contribution in [0.3, 0.4) is 0 Å². The van der Waals surface area contributed by atoms with Crippen molar-refractivity contribution in [2.24, 2.45) is 0 Å². The summed E-state index contributed by atoms with van der Waals surface area (Å²) in [5.74, 6) is -0.974. The summed E-state index contributed by atoms with van der Waals surface area (Å²) in [7, 11) is 0. The van der Waals surface area contributed by atoms with Crippen LogP contribution >= 0.6 is 23.1 Å². The number of amides is 5. The van der Waals surface area contributed by atoms with E-state index in [0.29, 0.717) is 4.91 Å². The number of carbonyl (C=O) groups excluding carboxylic acids is 4. The fourth-order valence-electron chi connectivity index (χ4n) is 1.97. The molecule has 0 atom stereocenters. The maximum Gasteiger partial charge on any atom is 0.321 e. The standard InChI is InChI=1S/C16H19N3O4S2/c1-16(2,3)18-14(22)17-12(20)6-7-19-13(21)11(25-15(19)23)9-10-5-4-8-24-10/h4-5,8-9H,6-7H2,1-3H3,(H2,17,18,20,22)/b11-9-. The Hall–Kier alpha value is -2.13. The summed E-state index contributed by atoms with van der Waals surface area (Å²) in [4.78, 5) is 49.9. The van der Waals surface area contributed by atoms with Crippen LogP contribution in [0.2, 0.25) is 0 Å². The van der Waals surface area contributed by atoms with Gasteiger partial charge in [0, 0.05) is 23.4 Å². The highest BCUT2D eigenvalue weighted by Gasteiger charge is 2.35. The Kier molecular flexibility index (Phi) is 6.02. The van der Waals surface area contributed by atoms with Crippen molar-refractivity contribution in [1.29, 1.82) is 0 Å². The van der Waals surface area contributed by atoms with E-state index in [4.69, 9.17) is 0 Å². The van der Waals surface area contributed by atoms with Crippen LogP contribution in [-0.4, -0.2) is 40.1 Å². The number of nitrogens with one attached hydrogen (secondary N) is 2. The monoisotopic (exact) mass is 381 g/mol. The van der Waals surface area contributed by atoms with E-state index in [9.17, 15) is 19.2 Å². The summed E-state index contributed by atoms with van der Waals surface area (Å²) in [6.07, 6.45) is 1.52. The SMILES string of the molecule is CC(C)(C)NC(=O)NC(=O)CCN1C(=O)S/C(=C\c2cccs2)C1=O. The molecule has 2 N–H and O–H groups in total. The minimum atomic E-state index is -0.607. The van der Waals surface area contributed by atoms with E-state index in [1.165, 1.54) is 11.3 Å². The summed E-state index contributed by atoms with van der Waals surface area (Å²) >= 11 is 2.31. The van der Waals surface area contributed by atoms with Crippen LogP contribution in [0.25, 0.3) is 6.08 Å². The first-order valence-electron chi connectivity index (χ1n) is 7.56. The lowest BCUT2D eigenvalue weighted by atomic mass is 10.1. The lowest BCUT2D eigenvalue weighted by Gasteiger charge is -2.20. The lowest BCUT2D eigenvalue weighted by Crippen LogP contribution is -2.48. The van der Waals surface area contributed by atoms with E-state index in [-0.39, 0.29) is 13.0 Å². The second kappa shape index (κ2) is 7.83. The number of nitrogens with zero attached hydrogens (tertiary/aromatic N) is 1. The third-order valence-electron chi connectivity index (χ3n) is 2.99. The quantitative estimate of drug-likeness (QED) is 0.782. The predicted octanol–water partition coefficient (Wildman–Crippen LogP) is 2.80. The van der Waals surface area contributed by atoms with E-state index >= 15 is 0 Å². The zero-order valence-corrected chi connectivity index (χ0v) is 15.8. The van der Waals surface area contributed by atoms with Gasteiger partial charge >= 0.3 is 6.03 Å². The van der Waals surface area contributed by atoms with Crippen LogP contribution in [0.5, 0.6) is 0 Å². The molecule has 1 aromatic heterocycles. The Morgan fingerprint density at radius 3 is 2.60 bits per heavy atom. The van der Waals surface area contributed by atoms with Crippen LogP contribution in [0.1, 0.15) is 32.1 Å². The van der Waals surface area contributed by atoms with Gasteiger partial charge in [0.25, 0.3) is 11.1 Å². The number of urea groups is 1. The molecule has 5 amide bonds. The van der Waals surface area contributed by atoms with Crippen LogP contribution in [0.15, 0.2) is 22.4 Å². The highest BCUT2D eigenvalue weighted by Crippen LogP contribution is 2.32. The molecule has 1 fully saturated rings. The molecule has 9 heteroatoms. The summed E-state index contributed by atoms with van der Waals surface area (Å²) in [5.41, 5.74) is -0.469. The second-order valence-corrected chi connectivity index (χ2v) is 8.32. The highest BCUT2D eigenvalue weighted by atomic mass is 32.2. The van der Waals surface area contributed by atoms with Crippen LogP contribution in [0.4, 0.5) is 9.59 Å². The molecule has 0 bridgehead atoms. The fourth-order valence-corrected chi connectivity index (χ4v) is 3.56. The van der Waals surface area contributed by atoms with Gasteiger partial charge in [-0.25, -0.2) is 4.79 Å². The number of hydrogen-bond donors (Lipinski definition) is 2. The average Bonchev–Trinajstić information content (AvgIpc) is 3.05. The minimum absolute atomic E-state index is 0.0684. The van der Waals surface area contributed by atoms with Gasteiger partial charge in [-0.2, -0.15) is 0 Å². The molecule has 0 aliphatic carbocycles. The van der Waals surface area contributed by atoms with Gasteiger partial charge in [-0.15, -0.1) is 11.3 Å². The number of thioether (sulfide) groups is 1. The van der Waals surface area contributed by atoms with E-state index < -0.39 is 28.6 Å². The molecule has 0 spiro atoms. The van der Waals surface area contributed by atoms with Crippen LogP contribution in [-0.2, 0) is 9.59 Å². The number of carbonyl (C=O) groups is 4. The van der Waals surface area contributed by atoms with Crippen LogP contribution in [0, 0.1) is 0 Å². The topological polar surface area (TPSA) is 95.6 Å². The van der Waals surface area contributed by atoms with Crippen molar-refractivity contribution in [3.8, 4) is 0 Å². The van der Waals surface area contributed by atoms with Crippen molar-refractivity contribution in [3.63, 3.8) is 0 Å². The summed E-state index contributed by atoms with van der Waals surface area (Å²) < 4.78 is 0. The maximum atomic E-state index is 12.3. The molecule has 1 aliphatic rings. The van der Waals surface area contributed by atoms with E-state index in [1.54, 1.807) is 26.8 Å². The Labute approximate surface area is 153 Å². The molecule has 1 aliphatic heterocycles. The largest absolute Gasteiger partial charge is 0.333 e. The van der Waals surface area contributed by atoms with Crippen molar-refractivity contribution in [1.82, 2.24) is 15.5 Å². The maximum absolute atomic E-state index is 12.3. The summed E-state index contributed by atoms with van der Waals surface area (Å²) in [6.45, 7) is 5.30. The molecule has 0 unspecified atom stereocenters. The highest BCUT2D eigenvalue weighted by molar-refractivity contribution is 8.18. The first kappa shape index (κ1) is 19.2. The molecule has 0 radical (unpaired) electrons. The van der Waals surface area contributed by atoms with Gasteiger partial charge in [0.05, 0.1) is 4.91 Å². The molecule has 0 aromatic carbocycles. The van der Waals surface area contributed by atoms with Gasteiger partial charge in [-0.05, 0) is 50.1 Å². The van der Waals surface area contributed by atoms with Crippen molar-refractivity contribution in [2.75, 3.05) is 6.54 Å². The van der Waals surface area contributed by atoms with Gasteiger partial charge in [0.15, 0.2) is 0 Å². The lowest BCUT2D eigenvalue weighted by molar-refractivity contribution is -0.123. The minimum Gasteiger partial charge on any atom is -0.333 e. The fraction of sp³-hybridized carbons (Fsp3) is 0.375. The number of hydrogen-bond acceptors (Lipinski definition) is 6. The molecule has 1 aromatic rings. The van der Waals surface area contributed by atoms with Gasteiger partial charge < -0.3 is 5.32 Å². The summed E-state index contributed by atoms with van der Waals surface area (Å²) in [6, 6.07) is 3.09. The number of thiophene rings is 1. The third-order valence-corrected chi connectivity index (χ3v) is 4.72. The molecular formula is C16H19N3O4S2. The third kappa shape index (κ3) is 5.71. The predicted molar refractivity (Wildman–Crippen MR) is 98.0 cm³/mol. The molecule has 1 saturated heterocycles. The van der Waals surface area contributed by atoms with Gasteiger partial charge in [-0.3, -0.25) is 24.6 Å². The summed E-state index contributed by atoms with van der Waals surface area (Å²) in [5, 5.41) is 6.24. The Balaban J connectivity index is 1.88. The van der Waals surface area contributed by atoms with E-state index in [0.717, 1.165) is 21.5 Å². The Bertz CT molecular complexity index is 720. The molecule has 7 nitrogen and oxygen atoms in total. The molecule has 25 heavy (non-hydrogen) atoms. The van der Waals surface area contributed by atoms with E-state index in [1.807, 2.05) is 17.5 Å². The molecule has 2 heterocycles. The Morgan fingerprint density at radius 2 is 2.00 bits per heavy atom. The van der Waals surface area contributed by atoms with Crippen molar-refractivity contribution in [2.45, 2.75) is 32.7 Å². The van der Waals surface area contributed by atoms with Crippen LogP contribution < -0.4 is 10.6 Å². The average molecular weight is 381 g/mol. The van der Waals surface area contributed by atoms with E-state index in [2.05, 4.69) is 10.6 Å². The first-order valence-corrected chi connectivity index (χ1v) is 9.26. The first-order chi connectivity index (χ1) is 11.7. The molecule has 2 rings (SSSR count). The van der Waals surface area contributed by atoms with Crippen molar-refractivity contribution < 1.29 is 19.2 Å². The number of rotatable bonds is 4. The normalized spacial score (nSPS) is 16.4. The van der Waals surface area contributed by atoms with Crippen molar-refractivity contribution in [3.05, 3.63) is 27.3 Å². The van der Waals surface area contributed by atoms with Crippen molar-refractivity contribution >= 4 is 52.3 Å².